The van der Waals surface area contributed by atoms with E-state index in [9.17, 15) is 19.5 Å². The summed E-state index contributed by atoms with van der Waals surface area (Å²) in [4.78, 5) is 37.0. The molecule has 1 aliphatic rings. The fraction of sp³-hybridized carbons (Fsp3) is 0.320. The van der Waals surface area contributed by atoms with E-state index in [1.807, 2.05) is 55.4 Å². The highest BCUT2D eigenvalue weighted by Crippen LogP contribution is 2.44. The molecular weight excluding hydrogens is 422 g/mol. The van der Waals surface area contributed by atoms with Crippen LogP contribution in [-0.2, 0) is 14.3 Å². The fourth-order valence-electron chi connectivity index (χ4n) is 3.73. The Morgan fingerprint density at radius 1 is 1.06 bits per heavy atom. The van der Waals surface area contributed by atoms with Gasteiger partial charge in [0.15, 0.2) is 0 Å². The van der Waals surface area contributed by atoms with Crippen molar-refractivity contribution in [2.75, 3.05) is 33.8 Å². The molecule has 0 radical (unpaired) electrons. The lowest BCUT2D eigenvalue weighted by Gasteiger charge is -2.15. The summed E-state index contributed by atoms with van der Waals surface area (Å²) >= 11 is 0. The van der Waals surface area contributed by atoms with E-state index < -0.39 is 24.0 Å². The molecule has 2 aromatic rings. The third kappa shape index (κ3) is 6.34. The quantitative estimate of drug-likeness (QED) is 0.533. The molecule has 0 saturated carbocycles. The molecule has 8 heteroatoms. The molecule has 33 heavy (non-hydrogen) atoms. The lowest BCUT2D eigenvalue weighted by atomic mass is 9.98. The monoisotopic (exact) mass is 449 g/mol. The Balaban J connectivity index is 1.47. The van der Waals surface area contributed by atoms with Crippen molar-refractivity contribution in [3.63, 3.8) is 0 Å². The van der Waals surface area contributed by atoms with Gasteiger partial charge in [0.25, 0.3) is 5.91 Å². The van der Waals surface area contributed by atoms with Gasteiger partial charge in [-0.15, -0.1) is 0 Å². The van der Waals surface area contributed by atoms with Crippen LogP contribution in [0.5, 0.6) is 0 Å². The average Bonchev–Trinajstić information content (AvgIpc) is 3.11. The van der Waals surface area contributed by atoms with E-state index in [4.69, 9.17) is 4.74 Å². The lowest BCUT2D eigenvalue weighted by Crippen LogP contribution is -2.42. The Hall–Kier alpha value is -3.83. The number of carboxylic acid groups (broad SMARTS) is 1. The maximum absolute atomic E-state index is 12.1. The Bertz CT molecular complexity index is 1040. The van der Waals surface area contributed by atoms with Gasteiger partial charge in [0, 0.05) is 12.5 Å². The molecule has 3 rings (SSSR count). The maximum atomic E-state index is 12.1. The van der Waals surface area contributed by atoms with Crippen molar-refractivity contribution in [3.05, 3.63) is 59.7 Å². The number of fused-ring (bicyclic) bond motifs is 3. The molecule has 3 N–H and O–H groups in total. The van der Waals surface area contributed by atoms with E-state index in [1.165, 1.54) is 0 Å². The van der Waals surface area contributed by atoms with Crippen LogP contribution >= 0.6 is 0 Å². The van der Waals surface area contributed by atoms with Crippen molar-refractivity contribution >= 4 is 18.0 Å². The van der Waals surface area contributed by atoms with E-state index in [-0.39, 0.29) is 25.5 Å². The second-order valence-corrected chi connectivity index (χ2v) is 7.94. The molecule has 0 aliphatic heterocycles. The number of hydrogen-bond donors (Lipinski definition) is 3. The Morgan fingerprint density at radius 3 is 2.24 bits per heavy atom. The minimum atomic E-state index is -1.12. The Labute approximate surface area is 192 Å². The van der Waals surface area contributed by atoms with Gasteiger partial charge >= 0.3 is 12.1 Å². The molecular formula is C25H27N3O5. The van der Waals surface area contributed by atoms with Crippen molar-refractivity contribution in [1.82, 2.24) is 15.5 Å². The van der Waals surface area contributed by atoms with Crippen LogP contribution in [0.2, 0.25) is 0 Å². The number of aliphatic carboxylic acids is 1. The summed E-state index contributed by atoms with van der Waals surface area (Å²) in [6, 6.07) is 15.1. The summed E-state index contributed by atoms with van der Waals surface area (Å²) in [5, 5.41) is 14.0. The highest BCUT2D eigenvalue weighted by atomic mass is 16.5. The highest BCUT2D eigenvalue weighted by molar-refractivity contribution is 5.96. The molecule has 2 aromatic carbocycles. The number of hydrogen-bond acceptors (Lipinski definition) is 5. The minimum Gasteiger partial charge on any atom is -0.480 e. The van der Waals surface area contributed by atoms with Gasteiger partial charge in [-0.2, -0.15) is 0 Å². The van der Waals surface area contributed by atoms with Crippen LogP contribution in [0.3, 0.4) is 0 Å². The first-order chi connectivity index (χ1) is 15.9. The third-order valence-electron chi connectivity index (χ3n) is 5.34. The van der Waals surface area contributed by atoms with Crippen LogP contribution in [-0.4, -0.2) is 67.8 Å². The summed E-state index contributed by atoms with van der Waals surface area (Å²) in [5.41, 5.74) is 4.52. The number of carbonyl (C=O) groups excluding carboxylic acids is 2. The smallest absolute Gasteiger partial charge is 0.407 e. The zero-order chi connectivity index (χ0) is 23.8. The van der Waals surface area contributed by atoms with Crippen molar-refractivity contribution in [3.8, 4) is 23.0 Å². The number of nitrogens with one attached hydrogen (secondary N) is 2. The zero-order valence-electron chi connectivity index (χ0n) is 18.6. The van der Waals surface area contributed by atoms with Gasteiger partial charge in [-0.3, -0.25) is 4.79 Å². The van der Waals surface area contributed by atoms with E-state index >= 15 is 0 Å². The predicted molar refractivity (Wildman–Crippen MR) is 124 cm³/mol. The summed E-state index contributed by atoms with van der Waals surface area (Å²) in [5.74, 6) is 2.91. The molecule has 0 fully saturated rings. The molecule has 172 valence electrons. The number of amides is 2. The standard InChI is InChI=1S/C25H27N3O5/c1-28(2)15-13-22(24(30)31)27-23(29)12-7-14-26-25(32)33-16-21-19-10-5-3-8-17(19)18-9-4-6-11-20(18)21/h3-6,8-11,21-22H,13-16H2,1-2H3,(H,26,32)(H,27,29)(H,30,31). The van der Waals surface area contributed by atoms with E-state index in [1.54, 1.807) is 0 Å². The van der Waals surface area contributed by atoms with Gasteiger partial charge in [0.1, 0.15) is 12.6 Å². The third-order valence-corrected chi connectivity index (χ3v) is 5.34. The SMILES string of the molecule is CN(C)CCC(NC(=O)C#CCNC(=O)OCC1c2ccccc2-c2ccccc21)C(=O)O. The fourth-order valence-corrected chi connectivity index (χ4v) is 3.73. The first-order valence-electron chi connectivity index (χ1n) is 10.6. The summed E-state index contributed by atoms with van der Waals surface area (Å²) in [7, 11) is 3.63. The summed E-state index contributed by atoms with van der Waals surface area (Å²) < 4.78 is 5.40. The number of rotatable bonds is 8. The van der Waals surface area contributed by atoms with Crippen LogP contribution in [0.4, 0.5) is 4.79 Å². The number of carboxylic acids is 1. The summed E-state index contributed by atoms with van der Waals surface area (Å²) in [6.07, 6.45) is -0.380. The number of nitrogens with zero attached hydrogens (tertiary/aromatic N) is 1. The lowest BCUT2D eigenvalue weighted by molar-refractivity contribution is -0.141. The van der Waals surface area contributed by atoms with Crippen molar-refractivity contribution in [2.45, 2.75) is 18.4 Å². The normalized spacial score (nSPS) is 12.7. The van der Waals surface area contributed by atoms with E-state index in [2.05, 4.69) is 34.6 Å². The van der Waals surface area contributed by atoms with Gasteiger partial charge in [-0.25, -0.2) is 9.59 Å². The van der Waals surface area contributed by atoms with Crippen LogP contribution in [0.1, 0.15) is 23.5 Å². The van der Waals surface area contributed by atoms with E-state index in [0.717, 1.165) is 22.3 Å². The zero-order valence-corrected chi connectivity index (χ0v) is 18.6. The predicted octanol–water partition coefficient (Wildman–Crippen LogP) is 2.05. The number of carbonyl (C=O) groups is 3. The minimum absolute atomic E-state index is 0.0462. The van der Waals surface area contributed by atoms with Gasteiger partial charge in [-0.05, 0) is 48.7 Å². The molecule has 2 amide bonds. The Kier molecular flexibility index (Phi) is 8.06. The van der Waals surface area contributed by atoms with Crippen molar-refractivity contribution in [2.24, 2.45) is 0 Å². The van der Waals surface area contributed by atoms with Crippen LogP contribution < -0.4 is 10.6 Å². The second-order valence-electron chi connectivity index (χ2n) is 7.94. The van der Waals surface area contributed by atoms with Gasteiger partial charge in [0.2, 0.25) is 0 Å². The molecule has 0 spiro atoms. The average molecular weight is 450 g/mol. The molecule has 1 unspecified atom stereocenters. The Morgan fingerprint density at radius 2 is 1.67 bits per heavy atom. The highest BCUT2D eigenvalue weighted by Gasteiger charge is 2.28. The maximum Gasteiger partial charge on any atom is 0.407 e. The summed E-state index contributed by atoms with van der Waals surface area (Å²) in [6.45, 7) is 0.591. The van der Waals surface area contributed by atoms with Crippen LogP contribution in [0, 0.1) is 11.8 Å². The molecule has 0 saturated heterocycles. The van der Waals surface area contributed by atoms with Crippen LogP contribution in [0.15, 0.2) is 48.5 Å². The van der Waals surface area contributed by atoms with Crippen molar-refractivity contribution < 1.29 is 24.2 Å². The number of benzene rings is 2. The number of ether oxygens (including phenoxy) is 1. The number of alkyl carbamates (subject to hydrolysis) is 1. The van der Waals surface area contributed by atoms with Crippen LogP contribution in [0.25, 0.3) is 11.1 Å². The topological polar surface area (TPSA) is 108 Å². The first-order valence-corrected chi connectivity index (χ1v) is 10.6. The molecule has 0 bridgehead atoms. The molecule has 8 nitrogen and oxygen atoms in total. The largest absolute Gasteiger partial charge is 0.480 e. The van der Waals surface area contributed by atoms with Gasteiger partial charge in [0.05, 0.1) is 6.54 Å². The van der Waals surface area contributed by atoms with Crippen molar-refractivity contribution in [1.29, 1.82) is 0 Å². The van der Waals surface area contributed by atoms with E-state index in [0.29, 0.717) is 6.54 Å². The molecule has 1 atom stereocenters. The van der Waals surface area contributed by atoms with Gasteiger partial charge < -0.3 is 25.4 Å². The molecule has 1 aliphatic carbocycles. The van der Waals surface area contributed by atoms with Gasteiger partial charge in [-0.1, -0.05) is 54.5 Å². The molecule has 0 heterocycles. The first kappa shape index (κ1) is 23.8. The molecule has 0 aromatic heterocycles. The second kappa shape index (κ2) is 11.2.